The Hall–Kier alpha value is -2.17. The van der Waals surface area contributed by atoms with Gasteiger partial charge in [0.15, 0.2) is 0 Å². The lowest BCUT2D eigenvalue weighted by atomic mass is 10.1. The third-order valence-corrected chi connectivity index (χ3v) is 4.95. The van der Waals surface area contributed by atoms with Gasteiger partial charge in [0, 0.05) is 37.8 Å². The lowest BCUT2D eigenvalue weighted by molar-refractivity contribution is 0.0931. The first kappa shape index (κ1) is 17.6. The molecule has 0 radical (unpaired) electrons. The van der Waals surface area contributed by atoms with Crippen molar-refractivity contribution in [3.05, 3.63) is 71.3 Å². The molecule has 0 bridgehead atoms. The van der Waals surface area contributed by atoms with E-state index in [0.29, 0.717) is 18.2 Å². The first-order valence-electron chi connectivity index (χ1n) is 8.85. The van der Waals surface area contributed by atoms with Crippen LogP contribution in [0.25, 0.3) is 0 Å². The summed E-state index contributed by atoms with van der Waals surface area (Å²) in [4.78, 5) is 15.1. The Bertz CT molecular complexity index is 702. The van der Waals surface area contributed by atoms with E-state index in [4.69, 9.17) is 4.74 Å². The molecule has 1 aliphatic heterocycles. The Kier molecular flexibility index (Phi) is 5.84. The van der Waals surface area contributed by atoms with E-state index in [2.05, 4.69) is 41.4 Å². The Morgan fingerprint density at radius 1 is 1.20 bits per heavy atom. The summed E-state index contributed by atoms with van der Waals surface area (Å²) in [6, 6.07) is 18.7. The summed E-state index contributed by atoms with van der Waals surface area (Å²) < 4.78 is 5.20. The normalized spacial score (nSPS) is 18.9. The second-order valence-corrected chi connectivity index (χ2v) is 6.63. The van der Waals surface area contributed by atoms with Gasteiger partial charge in [-0.1, -0.05) is 48.5 Å². The van der Waals surface area contributed by atoms with Crippen LogP contribution in [0.5, 0.6) is 0 Å². The number of rotatable bonds is 6. The summed E-state index contributed by atoms with van der Waals surface area (Å²) in [6.07, 6.45) is 0.982. The van der Waals surface area contributed by atoms with Gasteiger partial charge in [-0.15, -0.1) is 0 Å². The van der Waals surface area contributed by atoms with Crippen molar-refractivity contribution >= 4 is 5.91 Å². The number of hydrogen-bond acceptors (Lipinski definition) is 3. The number of amides is 1. The van der Waals surface area contributed by atoms with E-state index in [-0.39, 0.29) is 11.9 Å². The molecule has 1 amide bonds. The highest BCUT2D eigenvalue weighted by molar-refractivity contribution is 5.95. The monoisotopic (exact) mass is 338 g/mol. The molecule has 1 saturated heterocycles. The number of nitrogens with one attached hydrogen (secondary N) is 1. The molecule has 2 aromatic carbocycles. The van der Waals surface area contributed by atoms with Crippen LogP contribution in [0.1, 0.15) is 40.9 Å². The average Bonchev–Trinajstić information content (AvgIpc) is 3.11. The van der Waals surface area contributed by atoms with Gasteiger partial charge in [-0.3, -0.25) is 9.69 Å². The van der Waals surface area contributed by atoms with E-state index in [1.165, 1.54) is 5.56 Å². The smallest absolute Gasteiger partial charge is 0.251 e. The van der Waals surface area contributed by atoms with Crippen molar-refractivity contribution in [1.82, 2.24) is 10.2 Å². The lowest BCUT2D eigenvalue weighted by Crippen LogP contribution is -2.38. The summed E-state index contributed by atoms with van der Waals surface area (Å²) in [7, 11) is 1.65. The second-order valence-electron chi connectivity index (χ2n) is 6.63. The Morgan fingerprint density at radius 3 is 2.68 bits per heavy atom. The molecule has 4 nitrogen and oxygen atoms in total. The van der Waals surface area contributed by atoms with Crippen molar-refractivity contribution in [2.75, 3.05) is 20.2 Å². The maximum Gasteiger partial charge on any atom is 0.251 e. The van der Waals surface area contributed by atoms with Crippen molar-refractivity contribution in [2.24, 2.45) is 0 Å². The third kappa shape index (κ3) is 4.27. The van der Waals surface area contributed by atoms with Crippen molar-refractivity contribution < 1.29 is 9.53 Å². The molecule has 3 rings (SSSR count). The number of benzene rings is 2. The average molecular weight is 338 g/mol. The van der Waals surface area contributed by atoms with Gasteiger partial charge in [0.05, 0.1) is 6.61 Å². The molecule has 2 unspecified atom stereocenters. The number of carbonyl (C=O) groups is 1. The molecule has 2 aromatic rings. The van der Waals surface area contributed by atoms with Crippen LogP contribution in [-0.2, 0) is 11.3 Å². The number of hydrogen-bond donors (Lipinski definition) is 1. The minimum absolute atomic E-state index is 0.00753. The van der Waals surface area contributed by atoms with Gasteiger partial charge in [0.1, 0.15) is 0 Å². The zero-order valence-electron chi connectivity index (χ0n) is 14.9. The molecule has 4 heteroatoms. The minimum atomic E-state index is -0.00753. The van der Waals surface area contributed by atoms with E-state index >= 15 is 0 Å². The number of carbonyl (C=O) groups excluding carboxylic acids is 1. The molecule has 132 valence electrons. The predicted molar refractivity (Wildman–Crippen MR) is 99.5 cm³/mol. The fourth-order valence-corrected chi connectivity index (χ4v) is 3.49. The molecule has 1 heterocycles. The van der Waals surface area contributed by atoms with Crippen LogP contribution in [0, 0.1) is 0 Å². The number of likely N-dealkylation sites (tertiary alicyclic amines) is 1. The molecule has 0 saturated carbocycles. The number of ether oxygens (including phenoxy) is 1. The third-order valence-electron chi connectivity index (χ3n) is 4.95. The molecule has 25 heavy (non-hydrogen) atoms. The zero-order valence-corrected chi connectivity index (χ0v) is 14.9. The van der Waals surface area contributed by atoms with Gasteiger partial charge in [-0.2, -0.15) is 0 Å². The van der Waals surface area contributed by atoms with Crippen LogP contribution in [0.15, 0.2) is 54.6 Å². The fraction of sp³-hybridized carbons (Fsp3) is 0.381. The van der Waals surface area contributed by atoms with Gasteiger partial charge in [-0.25, -0.2) is 0 Å². The van der Waals surface area contributed by atoms with Gasteiger partial charge in [-0.05, 0) is 30.5 Å². The van der Waals surface area contributed by atoms with E-state index in [1.54, 1.807) is 7.11 Å². The first-order chi connectivity index (χ1) is 12.2. The zero-order chi connectivity index (χ0) is 17.6. The highest BCUT2D eigenvalue weighted by atomic mass is 16.5. The van der Waals surface area contributed by atoms with E-state index in [0.717, 1.165) is 25.1 Å². The van der Waals surface area contributed by atoms with E-state index in [1.807, 2.05) is 30.3 Å². The maximum atomic E-state index is 12.7. The van der Waals surface area contributed by atoms with Crippen LogP contribution in [-0.4, -0.2) is 37.0 Å². The quantitative estimate of drug-likeness (QED) is 0.878. The molecule has 1 N–H and O–H groups in total. The Morgan fingerprint density at radius 2 is 1.92 bits per heavy atom. The van der Waals surface area contributed by atoms with Crippen molar-refractivity contribution in [3.8, 4) is 0 Å². The van der Waals surface area contributed by atoms with Crippen molar-refractivity contribution in [3.63, 3.8) is 0 Å². The number of nitrogens with zero attached hydrogens (tertiary/aromatic N) is 1. The molecular weight excluding hydrogens is 312 g/mol. The molecule has 0 spiro atoms. The SMILES string of the molecule is COCc1ccccc1C(=O)NC1CCN(C(C)c2ccccc2)C1. The predicted octanol–water partition coefficient (Wildman–Crippen LogP) is 3.40. The largest absolute Gasteiger partial charge is 0.380 e. The standard InChI is InChI=1S/C21H26N2O2/c1-16(17-8-4-3-5-9-17)23-13-12-19(14-23)22-21(24)20-11-7-6-10-18(20)15-25-2/h3-11,16,19H,12-15H2,1-2H3,(H,22,24). The molecule has 2 atom stereocenters. The summed E-state index contributed by atoms with van der Waals surface area (Å²) in [5.74, 6) is -0.00753. The highest BCUT2D eigenvalue weighted by Gasteiger charge is 2.28. The Labute approximate surface area is 149 Å². The van der Waals surface area contributed by atoms with Crippen LogP contribution in [0.2, 0.25) is 0 Å². The topological polar surface area (TPSA) is 41.6 Å². The summed E-state index contributed by atoms with van der Waals surface area (Å²) in [5.41, 5.74) is 2.95. The van der Waals surface area contributed by atoms with Crippen molar-refractivity contribution in [1.29, 1.82) is 0 Å². The van der Waals surface area contributed by atoms with Gasteiger partial charge in [0.2, 0.25) is 0 Å². The fourth-order valence-electron chi connectivity index (χ4n) is 3.49. The maximum absolute atomic E-state index is 12.7. The molecule has 0 aromatic heterocycles. The molecule has 0 aliphatic carbocycles. The molecule has 1 aliphatic rings. The van der Waals surface area contributed by atoms with Crippen LogP contribution >= 0.6 is 0 Å². The number of methoxy groups -OCH3 is 1. The van der Waals surface area contributed by atoms with Crippen LogP contribution in [0.3, 0.4) is 0 Å². The second kappa shape index (κ2) is 8.28. The van der Waals surface area contributed by atoms with E-state index in [9.17, 15) is 4.79 Å². The lowest BCUT2D eigenvalue weighted by Gasteiger charge is -2.25. The van der Waals surface area contributed by atoms with E-state index < -0.39 is 0 Å². The van der Waals surface area contributed by atoms with Crippen molar-refractivity contribution in [2.45, 2.75) is 32.0 Å². The summed E-state index contributed by atoms with van der Waals surface area (Å²) in [6.45, 7) is 4.56. The van der Waals surface area contributed by atoms with Gasteiger partial charge in [0.25, 0.3) is 5.91 Å². The summed E-state index contributed by atoms with van der Waals surface area (Å²) >= 11 is 0. The van der Waals surface area contributed by atoms with Crippen LogP contribution in [0.4, 0.5) is 0 Å². The summed E-state index contributed by atoms with van der Waals surface area (Å²) in [5, 5.41) is 3.19. The molecular formula is C21H26N2O2. The Balaban J connectivity index is 1.61. The van der Waals surface area contributed by atoms with Crippen LogP contribution < -0.4 is 5.32 Å². The van der Waals surface area contributed by atoms with Gasteiger partial charge < -0.3 is 10.1 Å². The highest BCUT2D eigenvalue weighted by Crippen LogP contribution is 2.24. The first-order valence-corrected chi connectivity index (χ1v) is 8.85. The molecule has 1 fully saturated rings. The minimum Gasteiger partial charge on any atom is -0.380 e. The van der Waals surface area contributed by atoms with Gasteiger partial charge >= 0.3 is 0 Å².